The normalized spacial score (nSPS) is 21.9. The molecule has 2 rings (SSSR count). The number of benzene rings is 1. The molecule has 1 aromatic rings. The van der Waals surface area contributed by atoms with Crippen LogP contribution < -0.4 is 10.5 Å². The van der Waals surface area contributed by atoms with Gasteiger partial charge in [-0.05, 0) is 29.7 Å². The van der Waals surface area contributed by atoms with Crippen LogP contribution >= 0.6 is 0 Å². The van der Waals surface area contributed by atoms with E-state index in [1.165, 1.54) is 5.56 Å². The molecular weight excluding hydrogens is 230 g/mol. The standard InChI is InChI=1S/C14H21NO3/c1-16-6-3-7-18-13-8-10-4-5-11(17-2)9-12(10)14(13)15/h4-5,9,13-14H,3,6-8,15H2,1-2H3. The second-order valence-corrected chi connectivity index (χ2v) is 4.55. The third kappa shape index (κ3) is 2.83. The van der Waals surface area contributed by atoms with Crippen molar-refractivity contribution in [2.45, 2.75) is 25.0 Å². The van der Waals surface area contributed by atoms with Gasteiger partial charge in [0.15, 0.2) is 0 Å². The largest absolute Gasteiger partial charge is 0.497 e. The van der Waals surface area contributed by atoms with Crippen molar-refractivity contribution in [3.63, 3.8) is 0 Å². The molecule has 18 heavy (non-hydrogen) atoms. The lowest BCUT2D eigenvalue weighted by Gasteiger charge is -2.17. The monoisotopic (exact) mass is 251 g/mol. The number of fused-ring (bicyclic) bond motifs is 1. The molecule has 2 unspecified atom stereocenters. The first-order chi connectivity index (χ1) is 8.76. The number of nitrogens with two attached hydrogens (primary N) is 1. The van der Waals surface area contributed by atoms with Gasteiger partial charge < -0.3 is 19.9 Å². The van der Waals surface area contributed by atoms with E-state index < -0.39 is 0 Å². The molecule has 0 aliphatic heterocycles. The third-order valence-corrected chi connectivity index (χ3v) is 3.36. The van der Waals surface area contributed by atoms with Crippen LogP contribution in [0.15, 0.2) is 18.2 Å². The second-order valence-electron chi connectivity index (χ2n) is 4.55. The van der Waals surface area contributed by atoms with Crippen LogP contribution in [-0.4, -0.2) is 33.5 Å². The highest BCUT2D eigenvalue weighted by atomic mass is 16.5. The molecule has 4 heteroatoms. The van der Waals surface area contributed by atoms with E-state index in [4.69, 9.17) is 19.9 Å². The molecule has 1 aliphatic carbocycles. The molecule has 1 aliphatic rings. The van der Waals surface area contributed by atoms with Crippen molar-refractivity contribution >= 4 is 0 Å². The Kier molecular flexibility index (Phi) is 4.58. The SMILES string of the molecule is COCCCOC1Cc2ccc(OC)cc2C1N. The van der Waals surface area contributed by atoms with Gasteiger partial charge in [0.05, 0.1) is 19.3 Å². The minimum Gasteiger partial charge on any atom is -0.497 e. The van der Waals surface area contributed by atoms with Crippen LogP contribution in [0.5, 0.6) is 5.75 Å². The average Bonchev–Trinajstić information content (AvgIpc) is 2.71. The zero-order valence-corrected chi connectivity index (χ0v) is 11.0. The van der Waals surface area contributed by atoms with E-state index in [0.717, 1.165) is 30.8 Å². The third-order valence-electron chi connectivity index (χ3n) is 3.36. The number of ether oxygens (including phenoxy) is 3. The van der Waals surface area contributed by atoms with Crippen molar-refractivity contribution in [2.75, 3.05) is 27.4 Å². The summed E-state index contributed by atoms with van der Waals surface area (Å²) in [4.78, 5) is 0. The minimum absolute atomic E-state index is 0.0577. The zero-order chi connectivity index (χ0) is 13.0. The lowest BCUT2D eigenvalue weighted by Crippen LogP contribution is -2.25. The molecule has 100 valence electrons. The predicted molar refractivity (Wildman–Crippen MR) is 69.9 cm³/mol. The Hall–Kier alpha value is -1.10. The van der Waals surface area contributed by atoms with E-state index in [1.54, 1.807) is 14.2 Å². The molecule has 0 saturated heterocycles. The van der Waals surface area contributed by atoms with Crippen LogP contribution in [0, 0.1) is 0 Å². The molecule has 2 N–H and O–H groups in total. The summed E-state index contributed by atoms with van der Waals surface area (Å²) in [5, 5.41) is 0. The Balaban J connectivity index is 1.95. The summed E-state index contributed by atoms with van der Waals surface area (Å²) >= 11 is 0. The maximum atomic E-state index is 6.22. The van der Waals surface area contributed by atoms with Gasteiger partial charge in [-0.25, -0.2) is 0 Å². The topological polar surface area (TPSA) is 53.7 Å². The van der Waals surface area contributed by atoms with E-state index >= 15 is 0 Å². The van der Waals surface area contributed by atoms with Gasteiger partial charge in [0.1, 0.15) is 5.75 Å². The quantitative estimate of drug-likeness (QED) is 0.781. The molecule has 4 nitrogen and oxygen atoms in total. The summed E-state index contributed by atoms with van der Waals surface area (Å²) in [7, 11) is 3.37. The Morgan fingerprint density at radius 2 is 2.11 bits per heavy atom. The number of rotatable bonds is 6. The molecule has 0 saturated carbocycles. The van der Waals surface area contributed by atoms with Gasteiger partial charge in [0.2, 0.25) is 0 Å². The molecule has 0 spiro atoms. The first-order valence-corrected chi connectivity index (χ1v) is 6.29. The Morgan fingerprint density at radius 3 is 2.83 bits per heavy atom. The second kappa shape index (κ2) is 6.18. The van der Waals surface area contributed by atoms with Gasteiger partial charge in [-0.2, -0.15) is 0 Å². The van der Waals surface area contributed by atoms with E-state index in [2.05, 4.69) is 6.07 Å². The van der Waals surface area contributed by atoms with Crippen LogP contribution in [0.1, 0.15) is 23.6 Å². The van der Waals surface area contributed by atoms with Crippen LogP contribution in [0.25, 0.3) is 0 Å². The first kappa shape index (κ1) is 13.3. The highest BCUT2D eigenvalue weighted by Crippen LogP contribution is 2.34. The average molecular weight is 251 g/mol. The van der Waals surface area contributed by atoms with E-state index in [9.17, 15) is 0 Å². The molecule has 0 bridgehead atoms. The lowest BCUT2D eigenvalue weighted by molar-refractivity contribution is 0.0313. The highest BCUT2D eigenvalue weighted by Gasteiger charge is 2.30. The first-order valence-electron chi connectivity index (χ1n) is 6.29. The molecule has 0 fully saturated rings. The van der Waals surface area contributed by atoms with Gasteiger partial charge in [-0.15, -0.1) is 0 Å². The van der Waals surface area contributed by atoms with E-state index in [1.807, 2.05) is 12.1 Å². The van der Waals surface area contributed by atoms with Crippen LogP contribution in [-0.2, 0) is 15.9 Å². The van der Waals surface area contributed by atoms with E-state index in [-0.39, 0.29) is 12.1 Å². The van der Waals surface area contributed by atoms with Gasteiger partial charge >= 0.3 is 0 Å². The van der Waals surface area contributed by atoms with Gasteiger partial charge in [-0.1, -0.05) is 6.07 Å². The van der Waals surface area contributed by atoms with Crippen molar-refractivity contribution in [1.82, 2.24) is 0 Å². The summed E-state index contributed by atoms with van der Waals surface area (Å²) < 4.78 is 16.0. The number of hydrogen-bond acceptors (Lipinski definition) is 4. The number of methoxy groups -OCH3 is 2. The summed E-state index contributed by atoms with van der Waals surface area (Å²) in [5.74, 6) is 0.851. The fraction of sp³-hybridized carbons (Fsp3) is 0.571. The summed E-state index contributed by atoms with van der Waals surface area (Å²) in [6.45, 7) is 1.42. The molecule has 2 atom stereocenters. The molecule has 1 aromatic carbocycles. The molecule has 0 heterocycles. The smallest absolute Gasteiger partial charge is 0.119 e. The Morgan fingerprint density at radius 1 is 1.28 bits per heavy atom. The maximum Gasteiger partial charge on any atom is 0.119 e. The van der Waals surface area contributed by atoms with Gasteiger partial charge in [-0.3, -0.25) is 0 Å². The van der Waals surface area contributed by atoms with Crippen molar-refractivity contribution in [1.29, 1.82) is 0 Å². The molecule has 0 radical (unpaired) electrons. The number of hydrogen-bond donors (Lipinski definition) is 1. The van der Waals surface area contributed by atoms with Gasteiger partial charge in [0, 0.05) is 26.7 Å². The predicted octanol–water partition coefficient (Wildman–Crippen LogP) is 1.67. The Bertz CT molecular complexity index is 395. The van der Waals surface area contributed by atoms with E-state index in [0.29, 0.717) is 6.61 Å². The minimum atomic E-state index is -0.0577. The molecular formula is C14H21NO3. The molecule has 0 amide bonds. The molecule has 0 aromatic heterocycles. The van der Waals surface area contributed by atoms with Crippen LogP contribution in [0.4, 0.5) is 0 Å². The van der Waals surface area contributed by atoms with Crippen LogP contribution in [0.2, 0.25) is 0 Å². The zero-order valence-electron chi connectivity index (χ0n) is 11.0. The van der Waals surface area contributed by atoms with Crippen molar-refractivity contribution in [3.8, 4) is 5.75 Å². The maximum absolute atomic E-state index is 6.22. The summed E-state index contributed by atoms with van der Waals surface area (Å²) in [6.07, 6.45) is 1.86. The highest BCUT2D eigenvalue weighted by molar-refractivity contribution is 5.42. The fourth-order valence-corrected chi connectivity index (χ4v) is 2.34. The van der Waals surface area contributed by atoms with Crippen molar-refractivity contribution < 1.29 is 14.2 Å². The van der Waals surface area contributed by atoms with Crippen LogP contribution in [0.3, 0.4) is 0 Å². The Labute approximate surface area is 108 Å². The van der Waals surface area contributed by atoms with Crippen molar-refractivity contribution in [2.24, 2.45) is 5.73 Å². The van der Waals surface area contributed by atoms with Crippen molar-refractivity contribution in [3.05, 3.63) is 29.3 Å². The fourth-order valence-electron chi connectivity index (χ4n) is 2.34. The van der Waals surface area contributed by atoms with Gasteiger partial charge in [0.25, 0.3) is 0 Å². The lowest BCUT2D eigenvalue weighted by atomic mass is 10.1. The summed E-state index contributed by atoms with van der Waals surface area (Å²) in [5.41, 5.74) is 8.63. The summed E-state index contributed by atoms with van der Waals surface area (Å²) in [6, 6.07) is 6.00.